The van der Waals surface area contributed by atoms with Gasteiger partial charge in [-0.2, -0.15) is 4.68 Å². The van der Waals surface area contributed by atoms with Crippen LogP contribution in [0, 0.1) is 0 Å². The lowest BCUT2D eigenvalue weighted by Crippen LogP contribution is -2.33. The monoisotopic (exact) mass is 379 g/mol. The number of hydrogen-bond donors (Lipinski definition) is 2. The van der Waals surface area contributed by atoms with Gasteiger partial charge < -0.3 is 15.8 Å². The normalized spacial score (nSPS) is 10.6. The number of nitrogens with zero attached hydrogens (tertiary/aromatic N) is 5. The number of esters is 1. The first-order valence-corrected chi connectivity index (χ1v) is 7.88. The van der Waals surface area contributed by atoms with Gasteiger partial charge >= 0.3 is 11.7 Å². The van der Waals surface area contributed by atoms with Crippen LogP contribution in [0.4, 0.5) is 0 Å². The Kier molecular flexibility index (Phi) is 6.30. The molecule has 13 nitrogen and oxygen atoms in total. The van der Waals surface area contributed by atoms with E-state index in [1.54, 1.807) is 6.92 Å². The van der Waals surface area contributed by atoms with E-state index in [0.29, 0.717) is 0 Å². The molecule has 0 fully saturated rings. The maximum atomic E-state index is 12.2. The van der Waals surface area contributed by atoms with Crippen LogP contribution in [0.5, 0.6) is 0 Å². The molecule has 0 bridgehead atoms. The second-order valence-electron chi connectivity index (χ2n) is 5.30. The summed E-state index contributed by atoms with van der Waals surface area (Å²) in [5.41, 5.74) is 4.04. The first-order chi connectivity index (χ1) is 12.8. The number of amides is 2. The SMILES string of the molecule is CCOC(=O)CNC(=O)CCC(=O)Cn1nnc2c(C(N)=O)ncn2c1=O. The summed E-state index contributed by atoms with van der Waals surface area (Å²) >= 11 is 0. The number of aromatic nitrogens is 5. The summed E-state index contributed by atoms with van der Waals surface area (Å²) in [6.07, 6.45) is 0.715. The molecular weight excluding hydrogens is 362 g/mol. The Hall–Kier alpha value is -3.64. The van der Waals surface area contributed by atoms with E-state index in [1.807, 2.05) is 0 Å². The molecule has 0 saturated heterocycles. The van der Waals surface area contributed by atoms with Crippen molar-refractivity contribution >= 4 is 29.2 Å². The molecule has 0 radical (unpaired) electrons. The summed E-state index contributed by atoms with van der Waals surface area (Å²) in [6, 6.07) is 0. The van der Waals surface area contributed by atoms with Gasteiger partial charge in [-0.3, -0.25) is 19.2 Å². The van der Waals surface area contributed by atoms with E-state index in [2.05, 4.69) is 25.3 Å². The van der Waals surface area contributed by atoms with Crippen LogP contribution in [0.15, 0.2) is 11.1 Å². The quantitative estimate of drug-likeness (QED) is 0.442. The van der Waals surface area contributed by atoms with Crippen molar-refractivity contribution in [3.63, 3.8) is 0 Å². The molecule has 2 aromatic rings. The smallest absolute Gasteiger partial charge is 0.353 e. The topological polar surface area (TPSA) is 181 Å². The number of hydrogen-bond acceptors (Lipinski definition) is 9. The fourth-order valence-corrected chi connectivity index (χ4v) is 2.08. The Morgan fingerprint density at radius 2 is 2.00 bits per heavy atom. The summed E-state index contributed by atoms with van der Waals surface area (Å²) < 4.78 is 6.36. The number of carbonyl (C=O) groups is 4. The van der Waals surface area contributed by atoms with Gasteiger partial charge in [-0.25, -0.2) is 14.2 Å². The Morgan fingerprint density at radius 3 is 2.67 bits per heavy atom. The van der Waals surface area contributed by atoms with Crippen molar-refractivity contribution in [2.24, 2.45) is 5.73 Å². The molecule has 13 heteroatoms. The summed E-state index contributed by atoms with van der Waals surface area (Å²) in [4.78, 5) is 61.8. The number of rotatable bonds is 9. The van der Waals surface area contributed by atoms with E-state index in [1.165, 1.54) is 0 Å². The first-order valence-electron chi connectivity index (χ1n) is 7.88. The fraction of sp³-hybridized carbons (Fsp3) is 0.429. The van der Waals surface area contributed by atoms with Gasteiger partial charge in [0.05, 0.1) is 6.61 Å². The van der Waals surface area contributed by atoms with Crippen LogP contribution < -0.4 is 16.7 Å². The van der Waals surface area contributed by atoms with Gasteiger partial charge in [-0.05, 0) is 6.92 Å². The minimum atomic E-state index is -0.867. The maximum absolute atomic E-state index is 12.2. The molecule has 2 aromatic heterocycles. The van der Waals surface area contributed by atoms with Gasteiger partial charge in [-0.15, -0.1) is 5.10 Å². The lowest BCUT2D eigenvalue weighted by atomic mass is 10.2. The van der Waals surface area contributed by atoms with Crippen LogP contribution in [0.1, 0.15) is 30.3 Å². The minimum absolute atomic E-state index is 0.116. The summed E-state index contributed by atoms with van der Waals surface area (Å²) in [5.74, 6) is -2.41. The summed E-state index contributed by atoms with van der Waals surface area (Å²) in [7, 11) is 0. The Morgan fingerprint density at radius 1 is 1.26 bits per heavy atom. The summed E-state index contributed by atoms with van der Waals surface area (Å²) in [5, 5.41) is 9.56. The van der Waals surface area contributed by atoms with Gasteiger partial charge in [0.1, 0.15) is 19.4 Å². The van der Waals surface area contributed by atoms with E-state index < -0.39 is 35.8 Å². The third-order valence-corrected chi connectivity index (χ3v) is 3.34. The lowest BCUT2D eigenvalue weighted by molar-refractivity contribution is -0.143. The van der Waals surface area contributed by atoms with E-state index in [9.17, 15) is 24.0 Å². The lowest BCUT2D eigenvalue weighted by Gasteiger charge is -2.05. The molecule has 0 spiro atoms. The number of fused-ring (bicyclic) bond motifs is 1. The van der Waals surface area contributed by atoms with Crippen LogP contribution in [0.25, 0.3) is 5.65 Å². The van der Waals surface area contributed by atoms with E-state index in [0.717, 1.165) is 15.4 Å². The van der Waals surface area contributed by atoms with Crippen LogP contribution in [0.3, 0.4) is 0 Å². The maximum Gasteiger partial charge on any atom is 0.353 e. The van der Waals surface area contributed by atoms with Crippen molar-refractivity contribution in [2.45, 2.75) is 26.3 Å². The van der Waals surface area contributed by atoms with Gasteiger partial charge in [0.25, 0.3) is 5.91 Å². The second-order valence-corrected chi connectivity index (χ2v) is 5.30. The average molecular weight is 379 g/mol. The Labute approximate surface area is 151 Å². The number of ether oxygens (including phenoxy) is 1. The van der Waals surface area contributed by atoms with Crippen LogP contribution >= 0.6 is 0 Å². The molecular formula is C14H17N7O6. The Bertz CT molecular complexity index is 947. The number of primary amides is 1. The minimum Gasteiger partial charge on any atom is -0.465 e. The van der Waals surface area contributed by atoms with Crippen molar-refractivity contribution < 1.29 is 23.9 Å². The molecule has 0 unspecified atom stereocenters. The number of carbonyl (C=O) groups excluding carboxylic acids is 4. The molecule has 0 aliphatic carbocycles. The van der Waals surface area contributed by atoms with Gasteiger partial charge in [-0.1, -0.05) is 5.21 Å². The van der Waals surface area contributed by atoms with E-state index in [4.69, 9.17) is 5.73 Å². The van der Waals surface area contributed by atoms with Crippen molar-refractivity contribution in [3.05, 3.63) is 22.5 Å². The van der Waals surface area contributed by atoms with Crippen LogP contribution in [-0.2, 0) is 25.7 Å². The van der Waals surface area contributed by atoms with Gasteiger partial charge in [0, 0.05) is 12.8 Å². The number of ketones is 1. The van der Waals surface area contributed by atoms with Crippen molar-refractivity contribution in [1.82, 2.24) is 29.7 Å². The molecule has 0 atom stereocenters. The molecule has 27 heavy (non-hydrogen) atoms. The number of nitrogens with one attached hydrogen (secondary N) is 1. The third-order valence-electron chi connectivity index (χ3n) is 3.34. The standard InChI is InChI=1S/C14H17N7O6/c1-2-27-10(24)5-16-9(23)4-3-8(22)6-21-14(26)20-7-17-11(12(15)25)13(20)18-19-21/h7H,2-6H2,1H3,(H2,15,25)(H,16,23). The molecule has 2 heterocycles. The molecule has 2 amide bonds. The Balaban J connectivity index is 1.93. The highest BCUT2D eigenvalue weighted by atomic mass is 16.5. The molecule has 3 N–H and O–H groups in total. The van der Waals surface area contributed by atoms with Crippen LogP contribution in [0.2, 0.25) is 0 Å². The number of nitrogens with two attached hydrogens (primary N) is 1. The number of imidazole rings is 1. The van der Waals surface area contributed by atoms with E-state index >= 15 is 0 Å². The second kappa shape index (κ2) is 8.64. The average Bonchev–Trinajstić information content (AvgIpc) is 3.06. The van der Waals surface area contributed by atoms with Gasteiger partial charge in [0.2, 0.25) is 5.91 Å². The highest BCUT2D eigenvalue weighted by Gasteiger charge is 2.17. The molecule has 2 rings (SSSR count). The van der Waals surface area contributed by atoms with Gasteiger partial charge in [0.15, 0.2) is 17.1 Å². The highest BCUT2D eigenvalue weighted by Crippen LogP contribution is 2.01. The zero-order valence-corrected chi connectivity index (χ0v) is 14.4. The van der Waals surface area contributed by atoms with E-state index in [-0.39, 0.29) is 37.3 Å². The first kappa shape index (κ1) is 19.7. The zero-order valence-electron chi connectivity index (χ0n) is 14.4. The molecule has 0 aliphatic heterocycles. The highest BCUT2D eigenvalue weighted by molar-refractivity contribution is 5.96. The third kappa shape index (κ3) is 4.93. The molecule has 144 valence electrons. The zero-order chi connectivity index (χ0) is 20.0. The summed E-state index contributed by atoms with van der Waals surface area (Å²) in [6.45, 7) is 1.13. The molecule has 0 saturated carbocycles. The number of Topliss-reactive ketones (excluding diaryl/α,β-unsaturated/α-hetero) is 1. The molecule has 0 aliphatic rings. The van der Waals surface area contributed by atoms with Crippen molar-refractivity contribution in [1.29, 1.82) is 0 Å². The molecule has 0 aromatic carbocycles. The van der Waals surface area contributed by atoms with Crippen LogP contribution in [-0.4, -0.2) is 61.1 Å². The van der Waals surface area contributed by atoms with Crippen molar-refractivity contribution in [3.8, 4) is 0 Å². The predicted molar refractivity (Wildman–Crippen MR) is 87.4 cm³/mol. The van der Waals surface area contributed by atoms with Crippen molar-refractivity contribution in [2.75, 3.05) is 13.2 Å². The largest absolute Gasteiger partial charge is 0.465 e. The fourth-order valence-electron chi connectivity index (χ4n) is 2.08. The predicted octanol–water partition coefficient (Wildman–Crippen LogP) is -2.59.